The van der Waals surface area contributed by atoms with Crippen molar-refractivity contribution in [2.45, 2.75) is 25.7 Å². The molecule has 0 radical (unpaired) electrons. The van der Waals surface area contributed by atoms with E-state index in [4.69, 9.17) is 9.47 Å². The zero-order chi connectivity index (χ0) is 24.7. The quantitative estimate of drug-likeness (QED) is 0.492. The lowest BCUT2D eigenvalue weighted by Crippen LogP contribution is -2.41. The maximum Gasteiger partial charge on any atom is 0.177 e. The first-order valence-electron chi connectivity index (χ1n) is 11.1. The molecule has 6 nitrogen and oxygen atoms in total. The summed E-state index contributed by atoms with van der Waals surface area (Å²) in [7, 11) is 1.84. The third kappa shape index (κ3) is 6.08. The van der Waals surface area contributed by atoms with E-state index in [1.807, 2.05) is 50.1 Å². The van der Waals surface area contributed by atoms with Crippen LogP contribution in [-0.4, -0.2) is 61.1 Å². The number of nitrogens with zero attached hydrogens (tertiary/aromatic N) is 3. The SMILES string of the molecule is C=C(c1ccc(C=CC(OCC)OCC)cc1)C(O)(CN1CN(C)C=N1)c1ccc(F)cc1F. The molecule has 0 amide bonds. The lowest BCUT2D eigenvalue weighted by molar-refractivity contribution is -0.103. The molecule has 1 heterocycles. The molecular weight excluding hydrogens is 440 g/mol. The molecule has 0 fully saturated rings. The summed E-state index contributed by atoms with van der Waals surface area (Å²) < 4.78 is 39.4. The Balaban J connectivity index is 1.88. The second kappa shape index (κ2) is 11.4. The number of hydrazone groups is 1. The van der Waals surface area contributed by atoms with Gasteiger partial charge in [-0.3, -0.25) is 5.01 Å². The van der Waals surface area contributed by atoms with Crippen molar-refractivity contribution in [3.05, 3.63) is 83.4 Å². The average molecular weight is 472 g/mol. The standard InChI is InChI=1S/C26H31F2N3O3/c1-5-33-25(34-6-2)14-9-20-7-10-21(11-8-20)19(3)26(32,16-31-18-30(4)17-29-31)23-13-12-22(27)15-24(23)28/h7-15,17,25,32H,3,5-6,16,18H2,1-2,4H3. The molecule has 2 aromatic carbocycles. The van der Waals surface area contributed by atoms with Crippen LogP contribution in [0.5, 0.6) is 0 Å². The molecule has 34 heavy (non-hydrogen) atoms. The fourth-order valence-electron chi connectivity index (χ4n) is 3.73. The van der Waals surface area contributed by atoms with Gasteiger partial charge in [-0.05, 0) is 48.8 Å². The Morgan fingerprint density at radius 2 is 1.85 bits per heavy atom. The molecule has 0 saturated carbocycles. The summed E-state index contributed by atoms with van der Waals surface area (Å²) in [6.45, 7) is 9.32. The lowest BCUT2D eigenvalue weighted by atomic mass is 9.82. The molecule has 0 saturated heterocycles. The van der Waals surface area contributed by atoms with Crippen LogP contribution >= 0.6 is 0 Å². The van der Waals surface area contributed by atoms with Crippen LogP contribution in [0.15, 0.2) is 60.2 Å². The van der Waals surface area contributed by atoms with Gasteiger partial charge >= 0.3 is 0 Å². The van der Waals surface area contributed by atoms with E-state index in [1.165, 1.54) is 6.07 Å². The van der Waals surface area contributed by atoms with Gasteiger partial charge in [0.1, 0.15) is 30.2 Å². The van der Waals surface area contributed by atoms with Crippen LogP contribution in [0.3, 0.4) is 0 Å². The van der Waals surface area contributed by atoms with Crippen LogP contribution in [0.1, 0.15) is 30.5 Å². The fourth-order valence-corrected chi connectivity index (χ4v) is 3.73. The smallest absolute Gasteiger partial charge is 0.177 e. The number of hydrogen-bond acceptors (Lipinski definition) is 6. The van der Waals surface area contributed by atoms with Crippen molar-refractivity contribution >= 4 is 18.0 Å². The molecule has 0 bridgehead atoms. The van der Waals surface area contributed by atoms with Gasteiger partial charge in [-0.1, -0.05) is 36.9 Å². The normalized spacial score (nSPS) is 15.5. The minimum atomic E-state index is -1.84. The van der Waals surface area contributed by atoms with E-state index in [1.54, 1.807) is 23.5 Å². The second-order valence-corrected chi connectivity index (χ2v) is 8.02. The second-order valence-electron chi connectivity index (χ2n) is 8.02. The number of rotatable bonds is 11. The predicted molar refractivity (Wildman–Crippen MR) is 130 cm³/mol. The largest absolute Gasteiger partial charge is 0.378 e. The molecule has 1 aliphatic rings. The van der Waals surface area contributed by atoms with Crippen molar-refractivity contribution < 1.29 is 23.4 Å². The van der Waals surface area contributed by atoms with Gasteiger partial charge in [-0.25, -0.2) is 8.78 Å². The molecule has 182 valence electrons. The lowest BCUT2D eigenvalue weighted by Gasteiger charge is -2.34. The summed E-state index contributed by atoms with van der Waals surface area (Å²) in [5.41, 5.74) is -0.120. The van der Waals surface area contributed by atoms with Gasteiger partial charge in [0.2, 0.25) is 0 Å². The van der Waals surface area contributed by atoms with E-state index in [0.717, 1.165) is 17.7 Å². The molecule has 1 aliphatic heterocycles. The molecule has 1 N–H and O–H groups in total. The van der Waals surface area contributed by atoms with Gasteiger partial charge in [0.05, 0.1) is 6.54 Å². The maximum absolute atomic E-state index is 14.8. The highest BCUT2D eigenvalue weighted by Gasteiger charge is 2.38. The van der Waals surface area contributed by atoms with Crippen LogP contribution < -0.4 is 0 Å². The number of aliphatic hydroxyl groups is 1. The van der Waals surface area contributed by atoms with Crippen LogP contribution in [-0.2, 0) is 15.1 Å². The monoisotopic (exact) mass is 471 g/mol. The molecular formula is C26H31F2N3O3. The van der Waals surface area contributed by atoms with Gasteiger partial charge in [0, 0.05) is 31.9 Å². The van der Waals surface area contributed by atoms with Gasteiger partial charge in [0.25, 0.3) is 0 Å². The summed E-state index contributed by atoms with van der Waals surface area (Å²) in [4.78, 5) is 1.82. The van der Waals surface area contributed by atoms with Gasteiger partial charge in [-0.2, -0.15) is 5.10 Å². The zero-order valence-corrected chi connectivity index (χ0v) is 19.7. The van der Waals surface area contributed by atoms with Crippen LogP contribution in [0.2, 0.25) is 0 Å². The molecule has 1 atom stereocenters. The topological polar surface area (TPSA) is 57.5 Å². The number of halogens is 2. The Morgan fingerprint density at radius 1 is 1.18 bits per heavy atom. The fraction of sp³-hybridized carbons (Fsp3) is 0.346. The first kappa shape index (κ1) is 25.6. The molecule has 0 aliphatic carbocycles. The average Bonchev–Trinajstić information content (AvgIpc) is 3.21. The number of benzene rings is 2. The van der Waals surface area contributed by atoms with Crippen molar-refractivity contribution in [3.63, 3.8) is 0 Å². The minimum absolute atomic E-state index is 0.0543. The molecule has 3 rings (SSSR count). The summed E-state index contributed by atoms with van der Waals surface area (Å²) in [6, 6.07) is 10.4. The Bertz CT molecular complexity index is 1040. The molecule has 8 heteroatoms. The first-order chi connectivity index (χ1) is 16.3. The zero-order valence-electron chi connectivity index (χ0n) is 19.7. The first-order valence-corrected chi connectivity index (χ1v) is 11.1. The summed E-state index contributed by atoms with van der Waals surface area (Å²) in [5.74, 6) is -1.57. The summed E-state index contributed by atoms with van der Waals surface area (Å²) in [5, 5.41) is 17.6. The van der Waals surface area contributed by atoms with E-state index >= 15 is 0 Å². The van der Waals surface area contributed by atoms with Crippen LogP contribution in [0.25, 0.3) is 11.6 Å². The van der Waals surface area contributed by atoms with Gasteiger partial charge in [0.15, 0.2) is 6.29 Å². The Kier molecular flexibility index (Phi) is 8.55. The van der Waals surface area contributed by atoms with Gasteiger partial charge < -0.3 is 19.5 Å². The Hall–Kier alpha value is -3.07. The highest BCUT2D eigenvalue weighted by molar-refractivity contribution is 5.73. The number of hydrogen-bond donors (Lipinski definition) is 1. The van der Waals surface area contributed by atoms with Gasteiger partial charge in [-0.15, -0.1) is 0 Å². The van der Waals surface area contributed by atoms with Crippen LogP contribution in [0, 0.1) is 11.6 Å². The minimum Gasteiger partial charge on any atom is -0.378 e. The molecule has 0 spiro atoms. The molecule has 1 unspecified atom stereocenters. The predicted octanol–water partition coefficient (Wildman–Crippen LogP) is 4.43. The van der Waals surface area contributed by atoms with Crippen molar-refractivity contribution in [1.82, 2.24) is 9.91 Å². The summed E-state index contributed by atoms with van der Waals surface area (Å²) >= 11 is 0. The Labute approximate surface area is 199 Å². The molecule has 0 aromatic heterocycles. The number of β-amino-alcohol motifs (C(OH)–C–C–N with tert-alkyl or cyclic N) is 1. The number of ether oxygens (including phenoxy) is 2. The third-order valence-electron chi connectivity index (χ3n) is 5.45. The van der Waals surface area contributed by atoms with Crippen molar-refractivity contribution in [2.75, 3.05) is 33.5 Å². The van der Waals surface area contributed by atoms with Crippen molar-refractivity contribution in [1.29, 1.82) is 0 Å². The van der Waals surface area contributed by atoms with Crippen molar-refractivity contribution in [2.24, 2.45) is 5.10 Å². The van der Waals surface area contributed by atoms with E-state index in [0.29, 0.717) is 25.4 Å². The van der Waals surface area contributed by atoms with E-state index < -0.39 is 23.5 Å². The van der Waals surface area contributed by atoms with E-state index in [-0.39, 0.29) is 17.7 Å². The van der Waals surface area contributed by atoms with E-state index in [2.05, 4.69) is 11.7 Å². The highest BCUT2D eigenvalue weighted by Crippen LogP contribution is 2.38. The Morgan fingerprint density at radius 3 is 2.41 bits per heavy atom. The summed E-state index contributed by atoms with van der Waals surface area (Å²) in [6.07, 6.45) is 4.88. The van der Waals surface area contributed by atoms with Crippen LogP contribution in [0.4, 0.5) is 8.78 Å². The molecule has 2 aromatic rings. The maximum atomic E-state index is 14.8. The third-order valence-corrected chi connectivity index (χ3v) is 5.45. The van der Waals surface area contributed by atoms with Crippen molar-refractivity contribution in [3.8, 4) is 0 Å². The highest BCUT2D eigenvalue weighted by atomic mass is 19.1. The van der Waals surface area contributed by atoms with E-state index in [9.17, 15) is 13.9 Å².